The lowest BCUT2D eigenvalue weighted by Gasteiger charge is -2.43. The van der Waals surface area contributed by atoms with Gasteiger partial charge in [0.1, 0.15) is 17.1 Å². The van der Waals surface area contributed by atoms with E-state index in [1.807, 2.05) is 33.9 Å². The number of rotatable bonds is 5. The predicted octanol–water partition coefficient (Wildman–Crippen LogP) is 0.580. The molecule has 2 aliphatic rings. The van der Waals surface area contributed by atoms with Crippen LogP contribution in [0.15, 0.2) is 39.0 Å². The number of aromatic amines is 1. The van der Waals surface area contributed by atoms with Crippen molar-refractivity contribution in [1.29, 1.82) is 0 Å². The molecule has 1 spiro atoms. The van der Waals surface area contributed by atoms with Gasteiger partial charge in [0.2, 0.25) is 0 Å². The van der Waals surface area contributed by atoms with E-state index in [4.69, 9.17) is 19.1 Å². The van der Waals surface area contributed by atoms with Crippen LogP contribution >= 0.6 is 0 Å². The molecule has 33 heavy (non-hydrogen) atoms. The number of aromatic nitrogens is 2. The Morgan fingerprint density at radius 2 is 2.00 bits per heavy atom. The standard InChI is InChI=1S/C20H31N3O8SSi/c1-8-12-14(21)20(31-32(12,27)28)13(10-24)29-17(15(20)30-33(6,7)19(3,4)5)23-9-11(2)16(25)22-18(23)26/h8-9,13,15,17,24H,1,10,21H2,2-7H3,(H,22,25,26). The molecule has 4 atom stereocenters. The molecular weight excluding hydrogens is 470 g/mol. The van der Waals surface area contributed by atoms with E-state index in [0.717, 1.165) is 10.6 Å². The second-order valence-electron chi connectivity index (χ2n) is 9.79. The highest BCUT2D eigenvalue weighted by Crippen LogP contribution is 2.52. The Morgan fingerprint density at radius 3 is 2.48 bits per heavy atom. The third-order valence-electron chi connectivity index (χ3n) is 6.67. The van der Waals surface area contributed by atoms with E-state index >= 15 is 0 Å². The van der Waals surface area contributed by atoms with E-state index in [9.17, 15) is 23.1 Å². The molecule has 3 heterocycles. The summed E-state index contributed by atoms with van der Waals surface area (Å²) >= 11 is 0. The van der Waals surface area contributed by atoms with Crippen LogP contribution in [0.4, 0.5) is 0 Å². The summed E-state index contributed by atoms with van der Waals surface area (Å²) in [5, 5.41) is 9.83. The first kappa shape index (κ1) is 25.6. The Hall–Kier alpha value is -2.03. The highest BCUT2D eigenvalue weighted by Gasteiger charge is 2.68. The van der Waals surface area contributed by atoms with E-state index in [-0.39, 0.29) is 21.2 Å². The number of allylic oxidation sites excluding steroid dienone is 1. The minimum atomic E-state index is -4.34. The molecule has 1 aromatic rings. The van der Waals surface area contributed by atoms with Crippen molar-refractivity contribution in [1.82, 2.24) is 9.55 Å². The maximum absolute atomic E-state index is 12.8. The maximum Gasteiger partial charge on any atom is 0.330 e. The smallest absolute Gasteiger partial charge is 0.330 e. The fraction of sp³-hybridized carbons (Fsp3) is 0.600. The molecule has 1 saturated heterocycles. The zero-order valence-corrected chi connectivity index (χ0v) is 21.4. The molecule has 11 nitrogen and oxygen atoms in total. The van der Waals surface area contributed by atoms with Gasteiger partial charge in [0.15, 0.2) is 20.1 Å². The van der Waals surface area contributed by atoms with Crippen molar-refractivity contribution in [2.45, 2.75) is 69.9 Å². The number of hydrogen-bond donors (Lipinski definition) is 3. The minimum absolute atomic E-state index is 0.223. The zero-order chi connectivity index (χ0) is 25.1. The number of nitrogens with one attached hydrogen (secondary N) is 1. The van der Waals surface area contributed by atoms with Crippen LogP contribution in [0.3, 0.4) is 0 Å². The molecule has 184 valence electrons. The summed E-state index contributed by atoms with van der Waals surface area (Å²) < 4.78 is 44.9. The number of hydrogen-bond acceptors (Lipinski definition) is 9. The van der Waals surface area contributed by atoms with Crippen molar-refractivity contribution in [2.75, 3.05) is 6.61 Å². The molecule has 0 radical (unpaired) electrons. The Morgan fingerprint density at radius 1 is 1.39 bits per heavy atom. The summed E-state index contributed by atoms with van der Waals surface area (Å²) in [4.78, 5) is 26.5. The van der Waals surface area contributed by atoms with Crippen molar-refractivity contribution < 1.29 is 26.9 Å². The van der Waals surface area contributed by atoms with Gasteiger partial charge < -0.3 is 20.0 Å². The monoisotopic (exact) mass is 501 g/mol. The normalized spacial score (nSPS) is 29.7. The summed E-state index contributed by atoms with van der Waals surface area (Å²) in [5.41, 5.74) is 3.02. The van der Waals surface area contributed by atoms with E-state index in [2.05, 4.69) is 11.6 Å². The zero-order valence-electron chi connectivity index (χ0n) is 19.5. The van der Waals surface area contributed by atoms with E-state index in [1.54, 1.807) is 0 Å². The highest BCUT2D eigenvalue weighted by molar-refractivity contribution is 7.91. The maximum atomic E-state index is 12.8. The van der Waals surface area contributed by atoms with Gasteiger partial charge in [-0.2, -0.15) is 8.42 Å². The van der Waals surface area contributed by atoms with Crippen LogP contribution in [-0.4, -0.2) is 55.8 Å². The van der Waals surface area contributed by atoms with Crippen LogP contribution in [0.5, 0.6) is 0 Å². The number of H-pyrrole nitrogens is 1. The van der Waals surface area contributed by atoms with E-state index in [1.165, 1.54) is 13.1 Å². The second-order valence-corrected chi connectivity index (χ2v) is 16.1. The van der Waals surface area contributed by atoms with Crippen LogP contribution in [0.2, 0.25) is 18.1 Å². The fourth-order valence-electron chi connectivity index (χ4n) is 3.78. The summed E-state index contributed by atoms with van der Waals surface area (Å²) in [6.07, 6.45) is -1.44. The molecule has 0 aromatic carbocycles. The minimum Gasteiger partial charge on any atom is -0.406 e. The predicted molar refractivity (Wildman–Crippen MR) is 123 cm³/mol. The van der Waals surface area contributed by atoms with Gasteiger partial charge in [-0.25, -0.2) is 8.98 Å². The summed E-state index contributed by atoms with van der Waals surface area (Å²) in [5.74, 6) is 0. The number of aliphatic hydroxyl groups excluding tert-OH is 1. The average Bonchev–Trinajstić information content (AvgIpc) is 3.08. The number of nitrogens with two attached hydrogens (primary N) is 1. The second kappa shape index (κ2) is 8.03. The van der Waals surface area contributed by atoms with Gasteiger partial charge >= 0.3 is 5.69 Å². The van der Waals surface area contributed by atoms with Crippen LogP contribution in [0, 0.1) is 6.92 Å². The molecule has 3 rings (SSSR count). The van der Waals surface area contributed by atoms with Crippen molar-refractivity contribution in [2.24, 2.45) is 5.73 Å². The van der Waals surface area contributed by atoms with Crippen molar-refractivity contribution >= 4 is 18.4 Å². The van der Waals surface area contributed by atoms with Gasteiger partial charge in [-0.3, -0.25) is 14.3 Å². The molecule has 0 aliphatic carbocycles. The van der Waals surface area contributed by atoms with E-state index < -0.39 is 60.3 Å². The number of nitrogens with zero attached hydrogens (tertiary/aromatic N) is 1. The quantitative estimate of drug-likeness (QED) is 0.387. The number of aliphatic hydroxyl groups is 1. The Kier molecular flexibility index (Phi) is 6.22. The van der Waals surface area contributed by atoms with Gasteiger partial charge in [0.25, 0.3) is 15.7 Å². The third kappa shape index (κ3) is 3.86. The topological polar surface area (TPSA) is 163 Å². The largest absolute Gasteiger partial charge is 0.406 e. The van der Waals surface area contributed by atoms with Crippen LogP contribution in [0.1, 0.15) is 32.6 Å². The van der Waals surface area contributed by atoms with Crippen molar-refractivity contribution in [3.8, 4) is 0 Å². The molecule has 13 heteroatoms. The lowest BCUT2D eigenvalue weighted by Crippen LogP contribution is -2.58. The van der Waals surface area contributed by atoms with Gasteiger partial charge in [-0.1, -0.05) is 27.4 Å². The Labute approximate surface area is 193 Å². The SMILES string of the molecule is C=CC1=C(N)C2(OS1(=O)=O)C(CO)OC(n1cc(C)c(=O)[nH]c1=O)C2O[Si](C)(C)C(C)(C)C. The summed E-state index contributed by atoms with van der Waals surface area (Å²) in [6, 6.07) is 0. The Bertz CT molecular complexity index is 1230. The third-order valence-corrected chi connectivity index (χ3v) is 12.5. The first-order valence-electron chi connectivity index (χ1n) is 10.4. The lowest BCUT2D eigenvalue weighted by atomic mass is 9.88. The molecule has 1 aromatic heterocycles. The highest BCUT2D eigenvalue weighted by atomic mass is 32.2. The molecule has 0 bridgehead atoms. The van der Waals surface area contributed by atoms with E-state index in [0.29, 0.717) is 0 Å². The molecule has 0 amide bonds. The first-order valence-corrected chi connectivity index (χ1v) is 14.7. The Balaban J connectivity index is 2.32. The molecule has 0 saturated carbocycles. The average molecular weight is 502 g/mol. The molecule has 1 fully saturated rings. The number of aryl methyl sites for hydroxylation is 1. The summed E-state index contributed by atoms with van der Waals surface area (Å²) in [6.45, 7) is 14.2. The van der Waals surface area contributed by atoms with Gasteiger partial charge in [-0.05, 0) is 31.1 Å². The first-order chi connectivity index (χ1) is 15.0. The lowest BCUT2D eigenvalue weighted by molar-refractivity contribution is -0.0588. The molecule has 4 N–H and O–H groups in total. The molecular formula is C20H31N3O8SSi. The molecule has 4 unspecified atom stereocenters. The van der Waals surface area contributed by atoms with Gasteiger partial charge in [0, 0.05) is 11.8 Å². The van der Waals surface area contributed by atoms with Crippen molar-refractivity contribution in [3.63, 3.8) is 0 Å². The van der Waals surface area contributed by atoms with Crippen LogP contribution in [0.25, 0.3) is 0 Å². The fourth-order valence-corrected chi connectivity index (χ4v) is 6.44. The van der Waals surface area contributed by atoms with Crippen molar-refractivity contribution in [3.05, 3.63) is 55.9 Å². The molecule has 2 aliphatic heterocycles. The van der Waals surface area contributed by atoms with Gasteiger partial charge in [0.05, 0.1) is 12.3 Å². The van der Waals surface area contributed by atoms with Crippen LogP contribution in [-0.2, 0) is 23.5 Å². The van der Waals surface area contributed by atoms with Crippen LogP contribution < -0.4 is 17.0 Å². The summed E-state index contributed by atoms with van der Waals surface area (Å²) in [7, 11) is -7.00. The number of ether oxygens (including phenoxy) is 1. The van der Waals surface area contributed by atoms with Gasteiger partial charge in [-0.15, -0.1) is 0 Å².